The Bertz CT molecular complexity index is 671. The first kappa shape index (κ1) is 22.8. The Hall–Kier alpha value is -2.44. The molecule has 1 heterocycles. The molecule has 0 radical (unpaired) electrons. The molecule has 7 nitrogen and oxygen atoms in total. The molecular formula is C22H34N2O5. The summed E-state index contributed by atoms with van der Waals surface area (Å²) in [7, 11) is 4.60. The fraction of sp³-hybridized carbons (Fsp3) is 0.636. The van der Waals surface area contributed by atoms with Gasteiger partial charge in [0.25, 0.3) is 5.91 Å². The second-order valence-electron chi connectivity index (χ2n) is 7.89. The molecule has 7 heteroatoms. The van der Waals surface area contributed by atoms with Gasteiger partial charge in [-0.25, -0.2) is 0 Å². The predicted molar refractivity (Wildman–Crippen MR) is 112 cm³/mol. The van der Waals surface area contributed by atoms with Crippen LogP contribution in [0.4, 0.5) is 0 Å². The Morgan fingerprint density at radius 3 is 2.14 bits per heavy atom. The van der Waals surface area contributed by atoms with Crippen LogP contribution in [0.3, 0.4) is 0 Å². The van der Waals surface area contributed by atoms with Crippen LogP contribution in [0.5, 0.6) is 17.2 Å². The van der Waals surface area contributed by atoms with E-state index < -0.39 is 0 Å². The van der Waals surface area contributed by atoms with Crippen LogP contribution < -0.4 is 19.5 Å². The maximum atomic E-state index is 13.0. The lowest BCUT2D eigenvalue weighted by Gasteiger charge is -2.32. The lowest BCUT2D eigenvalue weighted by Crippen LogP contribution is -2.39. The van der Waals surface area contributed by atoms with Gasteiger partial charge in [-0.3, -0.25) is 9.59 Å². The number of methoxy groups -OCH3 is 3. The summed E-state index contributed by atoms with van der Waals surface area (Å²) in [6.45, 7) is 6.30. The largest absolute Gasteiger partial charge is 0.493 e. The number of ether oxygens (including phenoxy) is 3. The van der Waals surface area contributed by atoms with Crippen LogP contribution in [0.1, 0.15) is 49.9 Å². The van der Waals surface area contributed by atoms with E-state index >= 15 is 0 Å². The Morgan fingerprint density at radius 2 is 1.66 bits per heavy atom. The van der Waals surface area contributed by atoms with Crippen molar-refractivity contribution in [1.82, 2.24) is 10.2 Å². The first-order valence-electron chi connectivity index (χ1n) is 10.3. The minimum atomic E-state index is -0.0657. The third-order valence-electron chi connectivity index (χ3n) is 5.33. The molecule has 29 heavy (non-hydrogen) atoms. The lowest BCUT2D eigenvalue weighted by atomic mass is 9.92. The number of rotatable bonds is 9. The van der Waals surface area contributed by atoms with Crippen molar-refractivity contribution in [3.8, 4) is 17.2 Å². The summed E-state index contributed by atoms with van der Waals surface area (Å²) < 4.78 is 16.0. The summed E-state index contributed by atoms with van der Waals surface area (Å²) >= 11 is 0. The molecule has 0 aliphatic carbocycles. The van der Waals surface area contributed by atoms with Crippen LogP contribution >= 0.6 is 0 Å². The number of nitrogens with one attached hydrogen (secondary N) is 1. The number of carbonyl (C=O) groups excluding carboxylic acids is 2. The maximum absolute atomic E-state index is 13.0. The van der Waals surface area contributed by atoms with Gasteiger partial charge in [0.15, 0.2) is 11.5 Å². The maximum Gasteiger partial charge on any atom is 0.254 e. The van der Waals surface area contributed by atoms with Crippen LogP contribution in [-0.4, -0.2) is 57.7 Å². The molecular weight excluding hydrogens is 372 g/mol. The van der Waals surface area contributed by atoms with Gasteiger partial charge in [-0.05, 0) is 43.2 Å². The quantitative estimate of drug-likeness (QED) is 0.682. The summed E-state index contributed by atoms with van der Waals surface area (Å²) in [5.41, 5.74) is 0.504. The van der Waals surface area contributed by atoms with Crippen LogP contribution in [0, 0.1) is 11.8 Å². The normalized spacial score (nSPS) is 14.6. The van der Waals surface area contributed by atoms with Crippen molar-refractivity contribution < 1.29 is 23.8 Å². The van der Waals surface area contributed by atoms with Crippen molar-refractivity contribution in [3.63, 3.8) is 0 Å². The van der Waals surface area contributed by atoms with Gasteiger partial charge in [0, 0.05) is 31.6 Å². The van der Waals surface area contributed by atoms with Gasteiger partial charge in [0.2, 0.25) is 11.7 Å². The molecule has 1 aromatic carbocycles. The molecule has 0 unspecified atom stereocenters. The monoisotopic (exact) mass is 406 g/mol. The third kappa shape index (κ3) is 6.27. The molecule has 0 spiro atoms. The number of benzene rings is 1. The number of amides is 2. The second-order valence-corrected chi connectivity index (χ2v) is 7.89. The van der Waals surface area contributed by atoms with E-state index in [9.17, 15) is 9.59 Å². The standard InChI is InChI=1S/C22H34N2O5/c1-15(2)6-9-23-20(25)12-16-7-10-24(11-8-16)22(26)17-13-18(27-3)21(29-5)19(14-17)28-4/h13-16H,6-12H2,1-5H3,(H,23,25). The van der Waals surface area contributed by atoms with Gasteiger partial charge in [0.05, 0.1) is 21.3 Å². The summed E-state index contributed by atoms with van der Waals surface area (Å²) in [5.74, 6) is 2.34. The number of nitrogens with zero attached hydrogens (tertiary/aromatic N) is 1. The smallest absolute Gasteiger partial charge is 0.254 e. The molecule has 1 aromatic rings. The highest BCUT2D eigenvalue weighted by molar-refractivity contribution is 5.95. The molecule has 1 aliphatic heterocycles. The van der Waals surface area contributed by atoms with Crippen molar-refractivity contribution in [3.05, 3.63) is 17.7 Å². The molecule has 1 N–H and O–H groups in total. The van der Waals surface area contributed by atoms with Crippen LogP contribution in [0.25, 0.3) is 0 Å². The van der Waals surface area contributed by atoms with Gasteiger partial charge in [0.1, 0.15) is 0 Å². The lowest BCUT2D eigenvalue weighted by molar-refractivity contribution is -0.122. The fourth-order valence-electron chi connectivity index (χ4n) is 3.56. The zero-order chi connectivity index (χ0) is 21.4. The first-order chi connectivity index (χ1) is 13.9. The minimum absolute atomic E-state index is 0.0657. The first-order valence-corrected chi connectivity index (χ1v) is 10.3. The van der Waals surface area contributed by atoms with Crippen molar-refractivity contribution in [2.45, 2.75) is 39.5 Å². The van der Waals surface area contributed by atoms with Crippen molar-refractivity contribution in [1.29, 1.82) is 0 Å². The summed E-state index contributed by atoms with van der Waals surface area (Å²) in [6, 6.07) is 3.36. The van der Waals surface area contributed by atoms with E-state index in [0.717, 1.165) is 25.8 Å². The molecule has 0 bridgehead atoms. The molecule has 2 rings (SSSR count). The zero-order valence-corrected chi connectivity index (χ0v) is 18.2. The SMILES string of the molecule is COc1cc(C(=O)N2CCC(CC(=O)NCCC(C)C)CC2)cc(OC)c1OC. The average Bonchev–Trinajstić information content (AvgIpc) is 2.72. The Balaban J connectivity index is 1.92. The van der Waals surface area contributed by atoms with E-state index in [0.29, 0.717) is 54.2 Å². The van der Waals surface area contributed by atoms with Crippen molar-refractivity contribution in [2.75, 3.05) is 41.0 Å². The van der Waals surface area contributed by atoms with E-state index in [1.165, 1.54) is 21.3 Å². The third-order valence-corrected chi connectivity index (χ3v) is 5.33. The van der Waals surface area contributed by atoms with E-state index in [-0.39, 0.29) is 11.8 Å². The van der Waals surface area contributed by atoms with Crippen molar-refractivity contribution >= 4 is 11.8 Å². The molecule has 2 amide bonds. The van der Waals surface area contributed by atoms with E-state index in [4.69, 9.17) is 14.2 Å². The van der Waals surface area contributed by atoms with Gasteiger partial charge in [-0.2, -0.15) is 0 Å². The zero-order valence-electron chi connectivity index (χ0n) is 18.2. The van der Waals surface area contributed by atoms with Crippen molar-refractivity contribution in [2.24, 2.45) is 11.8 Å². The Kier molecular flexibility index (Phi) is 8.61. The molecule has 1 saturated heterocycles. The number of likely N-dealkylation sites (tertiary alicyclic amines) is 1. The molecule has 1 fully saturated rings. The number of hydrogen-bond acceptors (Lipinski definition) is 5. The van der Waals surface area contributed by atoms with E-state index in [1.54, 1.807) is 12.1 Å². The predicted octanol–water partition coefficient (Wildman–Crippen LogP) is 3.12. The summed E-state index contributed by atoms with van der Waals surface area (Å²) in [5, 5.41) is 3.00. The highest BCUT2D eigenvalue weighted by atomic mass is 16.5. The van der Waals surface area contributed by atoms with Gasteiger partial charge >= 0.3 is 0 Å². The summed E-state index contributed by atoms with van der Waals surface area (Å²) in [4.78, 5) is 26.9. The van der Waals surface area contributed by atoms with Crippen LogP contribution in [0.15, 0.2) is 12.1 Å². The second kappa shape index (κ2) is 10.9. The Labute approximate surface area is 173 Å². The average molecular weight is 407 g/mol. The van der Waals surface area contributed by atoms with E-state index in [1.807, 2.05) is 4.90 Å². The number of piperidine rings is 1. The van der Waals surface area contributed by atoms with Crippen LogP contribution in [-0.2, 0) is 4.79 Å². The van der Waals surface area contributed by atoms with Gasteiger partial charge in [-0.1, -0.05) is 13.8 Å². The number of hydrogen-bond donors (Lipinski definition) is 1. The number of carbonyl (C=O) groups is 2. The molecule has 0 saturated carbocycles. The molecule has 0 atom stereocenters. The van der Waals surface area contributed by atoms with E-state index in [2.05, 4.69) is 19.2 Å². The van der Waals surface area contributed by atoms with Gasteiger partial charge in [-0.15, -0.1) is 0 Å². The fourth-order valence-corrected chi connectivity index (χ4v) is 3.56. The minimum Gasteiger partial charge on any atom is -0.493 e. The highest BCUT2D eigenvalue weighted by Crippen LogP contribution is 2.38. The molecule has 162 valence electrons. The molecule has 1 aliphatic rings. The summed E-state index contributed by atoms with van der Waals surface area (Å²) in [6.07, 6.45) is 3.18. The van der Waals surface area contributed by atoms with Gasteiger partial charge < -0.3 is 24.4 Å². The highest BCUT2D eigenvalue weighted by Gasteiger charge is 2.26. The topological polar surface area (TPSA) is 77.1 Å². The van der Waals surface area contributed by atoms with Crippen LogP contribution in [0.2, 0.25) is 0 Å². The molecule has 0 aromatic heterocycles. The Morgan fingerprint density at radius 1 is 1.07 bits per heavy atom.